The van der Waals surface area contributed by atoms with Crippen LogP contribution in [0.5, 0.6) is 11.5 Å². The molecule has 0 bridgehead atoms. The van der Waals surface area contributed by atoms with Crippen molar-refractivity contribution >= 4 is 0 Å². The van der Waals surface area contributed by atoms with Crippen molar-refractivity contribution in [2.45, 2.75) is 13.0 Å². The number of nitrogens with zero attached hydrogens (tertiary/aromatic N) is 2. The van der Waals surface area contributed by atoms with E-state index in [1.165, 1.54) is 0 Å². The van der Waals surface area contributed by atoms with Crippen LogP contribution >= 0.6 is 0 Å². The van der Waals surface area contributed by atoms with Gasteiger partial charge < -0.3 is 15.2 Å². The standard InChI is InChI=1S/C14H19N3O2/c1-18-13-5-4-11(8-14(13)19-2)12-9-16-17(10-12)7-3-6-15/h4-5,8-10H,3,6-7,15H2,1-2H3. The van der Waals surface area contributed by atoms with E-state index >= 15 is 0 Å². The Labute approximate surface area is 112 Å². The number of aryl methyl sites for hydroxylation is 1. The van der Waals surface area contributed by atoms with E-state index in [1.807, 2.05) is 35.3 Å². The number of benzene rings is 1. The van der Waals surface area contributed by atoms with Crippen LogP contribution in [0.3, 0.4) is 0 Å². The highest BCUT2D eigenvalue weighted by Gasteiger charge is 2.07. The van der Waals surface area contributed by atoms with E-state index < -0.39 is 0 Å². The smallest absolute Gasteiger partial charge is 0.161 e. The van der Waals surface area contributed by atoms with Gasteiger partial charge in [0.05, 0.1) is 20.4 Å². The Morgan fingerprint density at radius 2 is 1.95 bits per heavy atom. The topological polar surface area (TPSA) is 62.3 Å². The van der Waals surface area contributed by atoms with Gasteiger partial charge in [-0.3, -0.25) is 4.68 Å². The van der Waals surface area contributed by atoms with Gasteiger partial charge in [-0.2, -0.15) is 5.10 Å². The fraction of sp³-hybridized carbons (Fsp3) is 0.357. The number of nitrogens with two attached hydrogens (primary N) is 1. The zero-order valence-electron chi connectivity index (χ0n) is 11.3. The Bertz CT molecular complexity index is 537. The molecule has 0 spiro atoms. The molecule has 0 saturated carbocycles. The van der Waals surface area contributed by atoms with E-state index in [1.54, 1.807) is 14.2 Å². The Morgan fingerprint density at radius 3 is 2.63 bits per heavy atom. The van der Waals surface area contributed by atoms with Crippen molar-refractivity contribution in [1.29, 1.82) is 0 Å². The Hall–Kier alpha value is -2.01. The Balaban J connectivity index is 2.23. The SMILES string of the molecule is COc1ccc(-c2cnn(CCCN)c2)cc1OC. The number of rotatable bonds is 6. The molecule has 0 aliphatic rings. The molecule has 0 amide bonds. The lowest BCUT2D eigenvalue weighted by Crippen LogP contribution is -2.05. The first-order valence-corrected chi connectivity index (χ1v) is 6.23. The number of hydrogen-bond acceptors (Lipinski definition) is 4. The molecule has 0 radical (unpaired) electrons. The summed E-state index contributed by atoms with van der Waals surface area (Å²) >= 11 is 0. The zero-order chi connectivity index (χ0) is 13.7. The van der Waals surface area contributed by atoms with Gasteiger partial charge >= 0.3 is 0 Å². The van der Waals surface area contributed by atoms with Crippen LogP contribution in [0.25, 0.3) is 11.1 Å². The first kappa shape index (κ1) is 13.4. The third kappa shape index (κ3) is 3.06. The molecular weight excluding hydrogens is 242 g/mol. The minimum absolute atomic E-state index is 0.672. The normalized spacial score (nSPS) is 10.5. The summed E-state index contributed by atoms with van der Waals surface area (Å²) in [5.74, 6) is 1.44. The van der Waals surface area contributed by atoms with Gasteiger partial charge in [0.15, 0.2) is 11.5 Å². The van der Waals surface area contributed by atoms with Crippen molar-refractivity contribution in [2.75, 3.05) is 20.8 Å². The second-order valence-corrected chi connectivity index (χ2v) is 4.20. The molecule has 2 aromatic rings. The van der Waals surface area contributed by atoms with Crippen LogP contribution in [0.15, 0.2) is 30.6 Å². The minimum atomic E-state index is 0.672. The van der Waals surface area contributed by atoms with Gasteiger partial charge in [0.1, 0.15) is 0 Å². The summed E-state index contributed by atoms with van der Waals surface area (Å²) in [5.41, 5.74) is 7.60. The Kier molecular flexibility index (Phi) is 4.41. The molecule has 0 unspecified atom stereocenters. The molecule has 0 fully saturated rings. The third-order valence-electron chi connectivity index (χ3n) is 2.94. The fourth-order valence-corrected chi connectivity index (χ4v) is 1.90. The lowest BCUT2D eigenvalue weighted by molar-refractivity contribution is 0.355. The van der Waals surface area contributed by atoms with Crippen LogP contribution < -0.4 is 15.2 Å². The molecule has 0 aliphatic heterocycles. The van der Waals surface area contributed by atoms with Crippen LogP contribution in [-0.4, -0.2) is 30.5 Å². The average Bonchev–Trinajstić information content (AvgIpc) is 2.93. The molecule has 0 saturated heterocycles. The molecule has 1 aromatic heterocycles. The monoisotopic (exact) mass is 261 g/mol. The summed E-state index contributed by atoms with van der Waals surface area (Å²) in [6.07, 6.45) is 4.78. The first-order chi connectivity index (χ1) is 9.28. The Morgan fingerprint density at radius 1 is 1.16 bits per heavy atom. The second kappa shape index (κ2) is 6.24. The molecule has 5 nitrogen and oxygen atoms in total. The van der Waals surface area contributed by atoms with Gasteiger partial charge in [0, 0.05) is 18.3 Å². The van der Waals surface area contributed by atoms with Crippen molar-refractivity contribution in [3.63, 3.8) is 0 Å². The lowest BCUT2D eigenvalue weighted by atomic mass is 10.1. The molecule has 5 heteroatoms. The van der Waals surface area contributed by atoms with Gasteiger partial charge in [0.25, 0.3) is 0 Å². The molecule has 2 rings (SSSR count). The summed E-state index contributed by atoms with van der Waals surface area (Å²) in [6.45, 7) is 1.51. The summed E-state index contributed by atoms with van der Waals surface area (Å²) in [5, 5.41) is 4.32. The fourth-order valence-electron chi connectivity index (χ4n) is 1.90. The highest BCUT2D eigenvalue weighted by molar-refractivity contribution is 5.65. The first-order valence-electron chi connectivity index (χ1n) is 6.23. The second-order valence-electron chi connectivity index (χ2n) is 4.20. The van der Waals surface area contributed by atoms with Crippen LogP contribution in [0.4, 0.5) is 0 Å². The number of aromatic nitrogens is 2. The van der Waals surface area contributed by atoms with Crippen molar-refractivity contribution < 1.29 is 9.47 Å². The molecule has 1 aromatic carbocycles. The van der Waals surface area contributed by atoms with Crippen LogP contribution in [0.1, 0.15) is 6.42 Å². The number of methoxy groups -OCH3 is 2. The molecule has 0 atom stereocenters. The van der Waals surface area contributed by atoms with Gasteiger partial charge in [-0.15, -0.1) is 0 Å². The van der Waals surface area contributed by atoms with Crippen molar-refractivity contribution in [1.82, 2.24) is 9.78 Å². The third-order valence-corrected chi connectivity index (χ3v) is 2.94. The highest BCUT2D eigenvalue weighted by atomic mass is 16.5. The maximum absolute atomic E-state index is 5.49. The maximum atomic E-state index is 5.49. The molecule has 19 heavy (non-hydrogen) atoms. The van der Waals surface area contributed by atoms with Crippen LogP contribution in [-0.2, 0) is 6.54 Å². The average molecular weight is 261 g/mol. The predicted molar refractivity (Wildman–Crippen MR) is 74.4 cm³/mol. The molecule has 2 N–H and O–H groups in total. The van der Waals surface area contributed by atoms with Crippen molar-refractivity contribution in [2.24, 2.45) is 5.73 Å². The number of ether oxygens (including phenoxy) is 2. The van der Waals surface area contributed by atoms with Crippen LogP contribution in [0.2, 0.25) is 0 Å². The lowest BCUT2D eigenvalue weighted by Gasteiger charge is -2.08. The quantitative estimate of drug-likeness (QED) is 0.863. The molecule has 102 valence electrons. The summed E-state index contributed by atoms with van der Waals surface area (Å²) in [6, 6.07) is 5.83. The minimum Gasteiger partial charge on any atom is -0.493 e. The van der Waals surface area contributed by atoms with E-state index in [4.69, 9.17) is 15.2 Å². The predicted octanol–water partition coefficient (Wildman–Crippen LogP) is 1.92. The van der Waals surface area contributed by atoms with Crippen LogP contribution in [0, 0.1) is 0 Å². The highest BCUT2D eigenvalue weighted by Crippen LogP contribution is 2.31. The number of hydrogen-bond donors (Lipinski definition) is 1. The van der Waals surface area contributed by atoms with Gasteiger partial charge in [-0.1, -0.05) is 6.07 Å². The van der Waals surface area contributed by atoms with Gasteiger partial charge in [-0.05, 0) is 30.7 Å². The van der Waals surface area contributed by atoms with E-state index in [0.29, 0.717) is 6.54 Å². The molecule has 1 heterocycles. The summed E-state index contributed by atoms with van der Waals surface area (Å²) < 4.78 is 12.4. The van der Waals surface area contributed by atoms with E-state index in [2.05, 4.69) is 5.10 Å². The van der Waals surface area contributed by atoms with E-state index in [9.17, 15) is 0 Å². The molecule has 0 aliphatic carbocycles. The summed E-state index contributed by atoms with van der Waals surface area (Å²) in [4.78, 5) is 0. The zero-order valence-corrected chi connectivity index (χ0v) is 11.3. The van der Waals surface area contributed by atoms with Gasteiger partial charge in [0.2, 0.25) is 0 Å². The van der Waals surface area contributed by atoms with Gasteiger partial charge in [-0.25, -0.2) is 0 Å². The maximum Gasteiger partial charge on any atom is 0.161 e. The largest absolute Gasteiger partial charge is 0.493 e. The summed E-state index contributed by atoms with van der Waals surface area (Å²) in [7, 11) is 3.26. The van der Waals surface area contributed by atoms with Crippen molar-refractivity contribution in [3.8, 4) is 22.6 Å². The van der Waals surface area contributed by atoms with E-state index in [0.717, 1.165) is 35.6 Å². The van der Waals surface area contributed by atoms with E-state index in [-0.39, 0.29) is 0 Å². The van der Waals surface area contributed by atoms with Crippen molar-refractivity contribution in [3.05, 3.63) is 30.6 Å². The molecular formula is C14H19N3O2.